The van der Waals surface area contributed by atoms with Crippen LogP contribution >= 0.6 is 0 Å². The third-order valence-electron chi connectivity index (χ3n) is 8.59. The second-order valence-electron chi connectivity index (χ2n) is 10.9. The molecule has 0 spiro atoms. The van der Waals surface area contributed by atoms with Gasteiger partial charge in [-0.3, -0.25) is 4.79 Å². The second kappa shape index (κ2) is 13.5. The Morgan fingerprint density at radius 2 is 1.58 bits per heavy atom. The van der Waals surface area contributed by atoms with E-state index in [2.05, 4.69) is 59.3 Å². The molecule has 4 unspecified atom stereocenters. The van der Waals surface area contributed by atoms with Crippen molar-refractivity contribution in [1.82, 2.24) is 4.72 Å². The Morgan fingerprint density at radius 3 is 2.21 bits per heavy atom. The minimum atomic E-state index is -1.55. The molecule has 2 aromatic rings. The van der Waals surface area contributed by atoms with Gasteiger partial charge in [-0.15, -0.1) is 0 Å². The van der Waals surface area contributed by atoms with Crippen LogP contribution in [0.2, 0.25) is 0 Å². The van der Waals surface area contributed by atoms with Crippen molar-refractivity contribution in [2.24, 2.45) is 16.5 Å². The molecule has 2 aliphatic carbocycles. The fourth-order valence-corrected chi connectivity index (χ4v) is 7.51. The molecule has 5 nitrogen and oxygen atoms in total. The monoisotopic (exact) mass is 534 g/mol. The van der Waals surface area contributed by atoms with Crippen molar-refractivity contribution < 1.29 is 14.1 Å². The first-order chi connectivity index (χ1) is 18.4. The van der Waals surface area contributed by atoms with E-state index >= 15 is 0 Å². The van der Waals surface area contributed by atoms with Crippen LogP contribution in [0.15, 0.2) is 72.8 Å². The van der Waals surface area contributed by atoms with E-state index in [0.717, 1.165) is 63.4 Å². The van der Waals surface area contributed by atoms with Crippen molar-refractivity contribution >= 4 is 28.3 Å². The van der Waals surface area contributed by atoms with E-state index in [9.17, 15) is 9.00 Å². The molecule has 0 radical (unpaired) electrons. The van der Waals surface area contributed by atoms with Gasteiger partial charge >= 0.3 is 5.97 Å². The molecule has 0 aromatic heterocycles. The van der Waals surface area contributed by atoms with E-state index in [1.807, 2.05) is 6.07 Å². The third-order valence-corrected chi connectivity index (χ3v) is 9.13. The van der Waals surface area contributed by atoms with Crippen LogP contribution in [0.25, 0.3) is 11.1 Å². The van der Waals surface area contributed by atoms with Crippen LogP contribution < -0.4 is 9.86 Å². The van der Waals surface area contributed by atoms with Crippen LogP contribution in [0.5, 0.6) is 0 Å². The lowest BCUT2D eigenvalue weighted by Gasteiger charge is -2.37. The molecule has 0 saturated heterocycles. The number of nitrogens with one attached hydrogen (secondary N) is 1. The summed E-state index contributed by atoms with van der Waals surface area (Å²) >= 11 is -1.55. The van der Waals surface area contributed by atoms with Crippen molar-refractivity contribution in [3.8, 4) is 0 Å². The number of benzene rings is 2. The minimum Gasteiger partial charge on any atom is -0.481 e. The predicted molar refractivity (Wildman–Crippen MR) is 157 cm³/mol. The number of rotatable bonds is 15. The molecule has 1 saturated carbocycles. The third kappa shape index (κ3) is 6.53. The van der Waals surface area contributed by atoms with Crippen molar-refractivity contribution in [3.63, 3.8) is 0 Å². The summed E-state index contributed by atoms with van der Waals surface area (Å²) in [6.45, 7) is 4.71. The van der Waals surface area contributed by atoms with E-state index in [1.165, 1.54) is 35.1 Å². The number of carboxylic acids is 1. The van der Waals surface area contributed by atoms with Crippen molar-refractivity contribution in [2.75, 3.05) is 0 Å². The van der Waals surface area contributed by atoms with Gasteiger partial charge in [-0.25, -0.2) is 14.1 Å². The Balaban J connectivity index is 1.55. The molecule has 2 aromatic carbocycles. The number of unbranched alkanes of at least 4 members (excludes halogenated alkanes) is 6. The van der Waals surface area contributed by atoms with E-state index in [1.54, 1.807) is 0 Å². The molecule has 6 heteroatoms. The van der Waals surface area contributed by atoms with Gasteiger partial charge in [-0.1, -0.05) is 105 Å². The summed E-state index contributed by atoms with van der Waals surface area (Å²) in [7, 11) is 0. The first-order valence-electron chi connectivity index (χ1n) is 14.1. The van der Waals surface area contributed by atoms with Crippen molar-refractivity contribution in [2.45, 2.75) is 83.1 Å². The highest BCUT2D eigenvalue weighted by molar-refractivity contribution is 7.80. The zero-order valence-corrected chi connectivity index (χ0v) is 23.2. The number of allylic oxidation sites excluding steroid dienone is 3. The van der Waals surface area contributed by atoms with Gasteiger partial charge in [0.2, 0.25) is 0 Å². The average molecular weight is 535 g/mol. The molecule has 0 aliphatic heterocycles. The van der Waals surface area contributed by atoms with Gasteiger partial charge in [0.05, 0.1) is 0 Å². The van der Waals surface area contributed by atoms with Gasteiger partial charge in [0.15, 0.2) is 11.2 Å². The van der Waals surface area contributed by atoms with Gasteiger partial charge < -0.3 is 5.11 Å². The summed E-state index contributed by atoms with van der Waals surface area (Å²) in [4.78, 5) is 10.7. The molecule has 4 atom stereocenters. The van der Waals surface area contributed by atoms with Crippen molar-refractivity contribution in [1.29, 1.82) is 0 Å². The molecular weight excluding hydrogens is 492 g/mol. The summed E-state index contributed by atoms with van der Waals surface area (Å²) in [5.41, 5.74) is 6.33. The molecule has 2 aliphatic rings. The van der Waals surface area contributed by atoms with Gasteiger partial charge in [0.1, 0.15) is 0 Å². The smallest absolute Gasteiger partial charge is 0.303 e. The standard InChI is InChI=1S/C32H42N2O3S/c1-24(25-15-10-7-11-16-25)32-22-21-29(34-38(33)37)28(32)23-27(31(32)26-17-12-8-13-18-26)19-9-5-3-2-4-6-14-20-30(35)36/h7-8,10-13,15-18,28-29,34H,1-6,9,14,19-23,33H2,(H,35,36). The Morgan fingerprint density at radius 1 is 0.974 bits per heavy atom. The van der Waals surface area contributed by atoms with E-state index in [-0.39, 0.29) is 23.8 Å². The lowest BCUT2D eigenvalue weighted by molar-refractivity contribution is -0.137. The normalized spacial score (nSPS) is 23.4. The van der Waals surface area contributed by atoms with Gasteiger partial charge in [-0.2, -0.15) is 0 Å². The van der Waals surface area contributed by atoms with Crippen LogP contribution in [0.4, 0.5) is 0 Å². The fraction of sp³-hybridized carbons (Fsp3) is 0.469. The topological polar surface area (TPSA) is 92.4 Å². The molecule has 0 bridgehead atoms. The Bertz CT molecular complexity index is 1150. The highest BCUT2D eigenvalue weighted by atomic mass is 32.2. The number of nitrogens with two attached hydrogens (primary N) is 1. The number of carbonyl (C=O) groups is 1. The maximum atomic E-state index is 12.0. The van der Waals surface area contributed by atoms with Gasteiger partial charge in [-0.05, 0) is 66.7 Å². The highest BCUT2D eigenvalue weighted by Gasteiger charge is 2.57. The lowest BCUT2D eigenvalue weighted by atomic mass is 9.66. The van der Waals surface area contributed by atoms with E-state index < -0.39 is 17.1 Å². The molecule has 38 heavy (non-hydrogen) atoms. The zero-order chi connectivity index (χ0) is 27.0. The molecular formula is C32H42N2O3S. The summed E-state index contributed by atoms with van der Waals surface area (Å²) in [6.07, 6.45) is 11.7. The fourth-order valence-electron chi connectivity index (χ4n) is 6.93. The molecule has 4 rings (SSSR count). The van der Waals surface area contributed by atoms with Crippen LogP contribution in [0, 0.1) is 11.3 Å². The number of hydrogen-bond donors (Lipinski definition) is 3. The predicted octanol–water partition coefficient (Wildman–Crippen LogP) is 7.04. The highest BCUT2D eigenvalue weighted by Crippen LogP contribution is 2.66. The largest absolute Gasteiger partial charge is 0.481 e. The maximum absolute atomic E-state index is 12.0. The number of aliphatic carboxylic acids is 1. The summed E-state index contributed by atoms with van der Waals surface area (Å²) in [6, 6.07) is 21.4. The first kappa shape index (κ1) is 28.5. The van der Waals surface area contributed by atoms with Crippen LogP contribution in [0.3, 0.4) is 0 Å². The molecule has 4 N–H and O–H groups in total. The van der Waals surface area contributed by atoms with Gasteiger partial charge in [0.25, 0.3) is 0 Å². The Hall–Kier alpha value is -2.54. The second-order valence-corrected chi connectivity index (χ2v) is 11.7. The quantitative estimate of drug-likeness (QED) is 0.214. The number of carboxylic acid groups (broad SMARTS) is 1. The number of fused-ring (bicyclic) bond motifs is 1. The average Bonchev–Trinajstić information content (AvgIpc) is 3.42. The van der Waals surface area contributed by atoms with Crippen LogP contribution in [-0.4, -0.2) is 21.3 Å². The van der Waals surface area contributed by atoms with E-state index in [4.69, 9.17) is 16.8 Å². The summed E-state index contributed by atoms with van der Waals surface area (Å²) in [5.74, 6) is -0.432. The maximum Gasteiger partial charge on any atom is 0.303 e. The molecule has 0 amide bonds. The lowest BCUT2D eigenvalue weighted by Crippen LogP contribution is -2.40. The molecule has 0 heterocycles. The molecule has 204 valence electrons. The summed E-state index contributed by atoms with van der Waals surface area (Å²) < 4.78 is 15.2. The SMILES string of the molecule is C=C(c1ccccc1)C12CCC(NS(N)=O)C1CC(CCCCCCCCCC(=O)O)=C2c1ccccc1. The first-order valence-corrected chi connectivity index (χ1v) is 15.3. The zero-order valence-electron chi connectivity index (χ0n) is 22.4. The number of hydrogen-bond acceptors (Lipinski definition) is 2. The van der Waals surface area contributed by atoms with Crippen LogP contribution in [0.1, 0.15) is 88.2 Å². The van der Waals surface area contributed by atoms with Crippen molar-refractivity contribution in [3.05, 3.63) is 83.9 Å². The Labute approximate surface area is 230 Å². The minimum absolute atomic E-state index is 0.0864. The summed E-state index contributed by atoms with van der Waals surface area (Å²) in [5, 5.41) is 14.5. The van der Waals surface area contributed by atoms with Gasteiger partial charge in [0, 0.05) is 17.9 Å². The van der Waals surface area contributed by atoms with E-state index in [0.29, 0.717) is 0 Å². The van der Waals surface area contributed by atoms with Crippen LogP contribution in [-0.2, 0) is 16.0 Å². The Kier molecular flexibility index (Phi) is 10.1. The molecule has 1 fully saturated rings.